The maximum atomic E-state index is 11.9. The van der Waals surface area contributed by atoms with Crippen molar-refractivity contribution in [1.82, 2.24) is 25.3 Å². The molecule has 1 unspecified atom stereocenters. The Labute approximate surface area is 167 Å². The van der Waals surface area contributed by atoms with Crippen molar-refractivity contribution >= 4 is 11.9 Å². The number of nitrogens with one attached hydrogen (secondary N) is 2. The fourth-order valence-electron chi connectivity index (χ4n) is 2.90. The molecule has 8 nitrogen and oxygen atoms in total. The lowest BCUT2D eigenvalue weighted by atomic mass is 10.1. The summed E-state index contributed by atoms with van der Waals surface area (Å²) in [5, 5.41) is 11.2. The number of hydrogen-bond donors (Lipinski definition) is 2. The Morgan fingerprint density at radius 2 is 2.14 bits per heavy atom. The van der Waals surface area contributed by atoms with Gasteiger partial charge in [-0.3, -0.25) is 9.48 Å². The summed E-state index contributed by atoms with van der Waals surface area (Å²) < 4.78 is 7.27. The van der Waals surface area contributed by atoms with Crippen LogP contribution in [0.25, 0.3) is 0 Å². The molecule has 0 aliphatic heterocycles. The molecule has 8 heteroatoms. The minimum Gasteiger partial charge on any atom is -0.469 e. The van der Waals surface area contributed by atoms with Gasteiger partial charge in [-0.15, -0.1) is 0 Å². The molecular weight excluding hydrogens is 356 g/mol. The van der Waals surface area contributed by atoms with E-state index in [0.717, 1.165) is 24.3 Å². The molecular formula is C20H32N6O2. The van der Waals surface area contributed by atoms with Crippen LogP contribution in [0.3, 0.4) is 0 Å². The smallest absolute Gasteiger partial charge is 0.243 e. The van der Waals surface area contributed by atoms with E-state index in [9.17, 15) is 4.79 Å². The predicted octanol–water partition coefficient (Wildman–Crippen LogP) is 1.43. The number of carbonyl (C=O) groups is 1. The molecule has 1 atom stereocenters. The summed E-state index contributed by atoms with van der Waals surface area (Å²) in [5.41, 5.74) is 3.45. The number of nitrogens with zero attached hydrogens (tertiary/aromatic N) is 4. The summed E-state index contributed by atoms with van der Waals surface area (Å²) in [4.78, 5) is 17.9. The van der Waals surface area contributed by atoms with Gasteiger partial charge in [0.2, 0.25) is 5.91 Å². The van der Waals surface area contributed by atoms with Gasteiger partial charge in [-0.05, 0) is 44.9 Å². The van der Waals surface area contributed by atoms with E-state index in [-0.39, 0.29) is 18.5 Å². The Hall–Kier alpha value is -2.77. The highest BCUT2D eigenvalue weighted by Crippen LogP contribution is 2.14. The second kappa shape index (κ2) is 9.96. The molecule has 2 aromatic rings. The Morgan fingerprint density at radius 1 is 1.39 bits per heavy atom. The highest BCUT2D eigenvalue weighted by molar-refractivity contribution is 5.84. The molecule has 0 aromatic carbocycles. The number of amides is 1. The van der Waals surface area contributed by atoms with Gasteiger partial charge >= 0.3 is 0 Å². The van der Waals surface area contributed by atoms with Gasteiger partial charge in [0.1, 0.15) is 12.3 Å². The maximum absolute atomic E-state index is 11.9. The molecule has 0 aliphatic rings. The summed E-state index contributed by atoms with van der Waals surface area (Å²) in [7, 11) is 5.41. The van der Waals surface area contributed by atoms with Crippen molar-refractivity contribution in [2.45, 2.75) is 39.7 Å². The molecule has 1 amide bonds. The van der Waals surface area contributed by atoms with E-state index in [1.807, 2.05) is 30.8 Å². The molecule has 28 heavy (non-hydrogen) atoms. The molecule has 2 heterocycles. The number of aromatic nitrogens is 2. The van der Waals surface area contributed by atoms with Gasteiger partial charge in [0, 0.05) is 45.8 Å². The number of aryl methyl sites for hydroxylation is 2. The molecule has 0 spiro atoms. The lowest BCUT2D eigenvalue weighted by Gasteiger charge is -2.19. The van der Waals surface area contributed by atoms with Gasteiger partial charge in [0.25, 0.3) is 0 Å². The zero-order valence-electron chi connectivity index (χ0n) is 17.7. The molecule has 2 aromatic heterocycles. The molecule has 2 rings (SSSR count). The number of likely N-dealkylation sites (N-methyl/N-ethyl adjacent to an activating group) is 1. The van der Waals surface area contributed by atoms with Gasteiger partial charge < -0.3 is 20.0 Å². The Kier molecular flexibility index (Phi) is 7.66. The van der Waals surface area contributed by atoms with Crippen molar-refractivity contribution < 1.29 is 9.21 Å². The average Bonchev–Trinajstić information content (AvgIpc) is 3.23. The summed E-state index contributed by atoms with van der Waals surface area (Å²) in [6, 6.07) is 3.95. The monoisotopic (exact) mass is 388 g/mol. The standard InChI is InChI=1S/C20H32N6O2/c1-14(12-18-15(2)24-26(6)16(18)3)23-20(22-13-19(27)25(4)5)21-10-9-17-8-7-11-28-17/h7-8,11,14H,9-10,12-13H2,1-6H3,(H2,21,22,23). The van der Waals surface area contributed by atoms with Crippen molar-refractivity contribution in [1.29, 1.82) is 0 Å². The Balaban J connectivity index is 1.99. The van der Waals surface area contributed by atoms with Crippen molar-refractivity contribution in [3.8, 4) is 0 Å². The van der Waals surface area contributed by atoms with Crippen LogP contribution in [0.15, 0.2) is 27.8 Å². The van der Waals surface area contributed by atoms with E-state index in [0.29, 0.717) is 12.5 Å². The van der Waals surface area contributed by atoms with Crippen LogP contribution in [0.1, 0.15) is 29.6 Å². The number of aliphatic imine (C=N–C) groups is 1. The van der Waals surface area contributed by atoms with E-state index < -0.39 is 0 Å². The summed E-state index contributed by atoms with van der Waals surface area (Å²) >= 11 is 0. The minimum atomic E-state index is -0.0428. The second-order valence-electron chi connectivity index (χ2n) is 7.23. The topological polar surface area (TPSA) is 87.7 Å². The molecule has 0 saturated heterocycles. The van der Waals surface area contributed by atoms with Crippen molar-refractivity contribution in [3.05, 3.63) is 41.1 Å². The van der Waals surface area contributed by atoms with Gasteiger partial charge in [0.05, 0.1) is 12.0 Å². The van der Waals surface area contributed by atoms with E-state index in [2.05, 4.69) is 34.6 Å². The summed E-state index contributed by atoms with van der Waals surface area (Å²) in [5.74, 6) is 1.48. The number of furan rings is 1. The second-order valence-corrected chi connectivity index (χ2v) is 7.23. The third-order valence-corrected chi connectivity index (χ3v) is 4.67. The third-order valence-electron chi connectivity index (χ3n) is 4.67. The molecule has 154 valence electrons. The molecule has 2 N–H and O–H groups in total. The highest BCUT2D eigenvalue weighted by atomic mass is 16.3. The number of rotatable bonds is 8. The van der Waals surface area contributed by atoms with Crippen molar-refractivity contribution in [2.75, 3.05) is 27.2 Å². The number of hydrogen-bond acceptors (Lipinski definition) is 4. The largest absolute Gasteiger partial charge is 0.469 e. The van der Waals surface area contributed by atoms with Gasteiger partial charge in [0.15, 0.2) is 5.96 Å². The van der Waals surface area contributed by atoms with Gasteiger partial charge in [-0.1, -0.05) is 0 Å². The fraction of sp³-hybridized carbons (Fsp3) is 0.550. The molecule has 0 fully saturated rings. The first-order valence-corrected chi connectivity index (χ1v) is 9.54. The molecule has 0 bridgehead atoms. The first-order valence-electron chi connectivity index (χ1n) is 9.54. The lowest BCUT2D eigenvalue weighted by molar-refractivity contribution is -0.127. The summed E-state index contributed by atoms with van der Waals surface area (Å²) in [6.07, 6.45) is 3.23. The van der Waals surface area contributed by atoms with Crippen LogP contribution in [-0.4, -0.2) is 59.8 Å². The summed E-state index contributed by atoms with van der Waals surface area (Å²) in [6.45, 7) is 6.97. The van der Waals surface area contributed by atoms with E-state index in [1.54, 1.807) is 20.4 Å². The zero-order chi connectivity index (χ0) is 20.7. The van der Waals surface area contributed by atoms with Gasteiger partial charge in [-0.25, -0.2) is 4.99 Å². The Bertz CT molecular complexity index is 792. The van der Waals surface area contributed by atoms with Crippen LogP contribution in [0, 0.1) is 13.8 Å². The van der Waals surface area contributed by atoms with Crippen molar-refractivity contribution in [2.24, 2.45) is 12.0 Å². The lowest BCUT2D eigenvalue weighted by Crippen LogP contribution is -2.44. The average molecular weight is 389 g/mol. The predicted molar refractivity (Wildman–Crippen MR) is 110 cm³/mol. The highest BCUT2D eigenvalue weighted by Gasteiger charge is 2.14. The third kappa shape index (κ3) is 6.14. The van der Waals surface area contributed by atoms with Gasteiger partial charge in [-0.2, -0.15) is 5.10 Å². The van der Waals surface area contributed by atoms with Crippen LogP contribution in [0.5, 0.6) is 0 Å². The van der Waals surface area contributed by atoms with Crippen LogP contribution in [0.2, 0.25) is 0 Å². The van der Waals surface area contributed by atoms with Crippen LogP contribution in [0.4, 0.5) is 0 Å². The molecule has 0 radical (unpaired) electrons. The van der Waals surface area contributed by atoms with E-state index >= 15 is 0 Å². The van der Waals surface area contributed by atoms with Crippen LogP contribution >= 0.6 is 0 Å². The number of guanidine groups is 1. The minimum absolute atomic E-state index is 0.0428. The Morgan fingerprint density at radius 3 is 2.71 bits per heavy atom. The van der Waals surface area contributed by atoms with Crippen molar-refractivity contribution in [3.63, 3.8) is 0 Å². The van der Waals surface area contributed by atoms with Crippen LogP contribution in [-0.2, 0) is 24.7 Å². The number of carbonyl (C=O) groups excluding carboxylic acids is 1. The quantitative estimate of drug-likeness (QED) is 0.528. The maximum Gasteiger partial charge on any atom is 0.243 e. The van der Waals surface area contributed by atoms with E-state index in [4.69, 9.17) is 4.42 Å². The molecule has 0 aliphatic carbocycles. The van der Waals surface area contributed by atoms with Crippen LogP contribution < -0.4 is 10.6 Å². The van der Waals surface area contributed by atoms with E-state index in [1.165, 1.54) is 16.2 Å². The molecule has 0 saturated carbocycles. The normalized spacial score (nSPS) is 12.7. The first-order chi connectivity index (χ1) is 13.3. The zero-order valence-corrected chi connectivity index (χ0v) is 17.7. The SMILES string of the molecule is Cc1nn(C)c(C)c1CC(C)NC(=NCC(=O)N(C)C)NCCc1ccco1. The fourth-order valence-corrected chi connectivity index (χ4v) is 2.90. The first kappa shape index (κ1) is 21.5.